The minimum absolute atomic E-state index is 0.0600. The van der Waals surface area contributed by atoms with Crippen LogP contribution in [-0.4, -0.2) is 48.7 Å². The number of rotatable bonds is 6. The van der Waals surface area contributed by atoms with Crippen LogP contribution < -0.4 is 19.9 Å². The van der Waals surface area contributed by atoms with E-state index in [2.05, 4.69) is 15.3 Å². The van der Waals surface area contributed by atoms with Gasteiger partial charge in [-0.05, 0) is 49.9 Å². The summed E-state index contributed by atoms with van der Waals surface area (Å²) < 4.78 is 18.6. The van der Waals surface area contributed by atoms with Gasteiger partial charge in [0, 0.05) is 19.6 Å². The van der Waals surface area contributed by atoms with E-state index in [0.717, 1.165) is 24.3 Å². The molecule has 4 rings (SSSR count). The number of halogens is 1. The van der Waals surface area contributed by atoms with Crippen molar-refractivity contribution in [3.8, 4) is 5.75 Å². The summed E-state index contributed by atoms with van der Waals surface area (Å²) in [4.78, 5) is 24.7. The predicted octanol–water partition coefficient (Wildman–Crippen LogP) is 2.69. The molecule has 148 valence electrons. The van der Waals surface area contributed by atoms with Gasteiger partial charge >= 0.3 is 0 Å². The Bertz CT molecular complexity index is 854. The minimum Gasteiger partial charge on any atom is -0.493 e. The van der Waals surface area contributed by atoms with Crippen molar-refractivity contribution in [2.24, 2.45) is 5.92 Å². The number of likely N-dealkylation sites (N-methyl/N-ethyl adjacent to an activating group) is 2. The van der Waals surface area contributed by atoms with Crippen LogP contribution in [0.5, 0.6) is 5.75 Å². The molecule has 1 aliphatic heterocycles. The average molecular weight is 385 g/mol. The molecule has 1 aromatic heterocycles. The van der Waals surface area contributed by atoms with Crippen LogP contribution in [0.25, 0.3) is 0 Å². The number of carbonyl (C=O) groups excluding carboxylic acids is 1. The smallest absolute Gasteiger partial charge is 0.246 e. The summed E-state index contributed by atoms with van der Waals surface area (Å²) in [6.07, 6.45) is 3.66. The van der Waals surface area contributed by atoms with Gasteiger partial charge in [0.25, 0.3) is 0 Å². The molecular weight excluding hydrogens is 361 g/mol. The summed E-state index contributed by atoms with van der Waals surface area (Å²) in [5.74, 6) is 2.30. The largest absolute Gasteiger partial charge is 0.493 e. The Balaban J connectivity index is 1.31. The van der Waals surface area contributed by atoms with Crippen LogP contribution in [0.2, 0.25) is 0 Å². The highest BCUT2D eigenvalue weighted by atomic mass is 19.1. The van der Waals surface area contributed by atoms with Gasteiger partial charge in [-0.1, -0.05) is 0 Å². The molecule has 7 nitrogen and oxygen atoms in total. The molecule has 1 amide bonds. The van der Waals surface area contributed by atoms with Gasteiger partial charge in [-0.25, -0.2) is 9.37 Å². The molecule has 2 aliphatic rings. The number of fused-ring (bicyclic) bond motifs is 1. The number of aromatic nitrogens is 2. The van der Waals surface area contributed by atoms with Crippen molar-refractivity contribution in [3.05, 3.63) is 36.3 Å². The molecule has 0 atom stereocenters. The van der Waals surface area contributed by atoms with E-state index in [0.29, 0.717) is 43.4 Å². The molecule has 1 saturated carbocycles. The normalized spacial score (nSPS) is 21.2. The fourth-order valence-corrected chi connectivity index (χ4v) is 3.67. The second kappa shape index (κ2) is 7.61. The van der Waals surface area contributed by atoms with Gasteiger partial charge in [-0.15, -0.1) is 0 Å². The lowest BCUT2D eigenvalue weighted by molar-refractivity contribution is -0.117. The number of nitrogens with zero attached hydrogens (tertiary/aromatic N) is 4. The summed E-state index contributed by atoms with van der Waals surface area (Å²) in [6.45, 7) is 3.49. The van der Waals surface area contributed by atoms with Crippen molar-refractivity contribution in [1.29, 1.82) is 0 Å². The summed E-state index contributed by atoms with van der Waals surface area (Å²) in [5.41, 5.74) is 0.756. The van der Waals surface area contributed by atoms with E-state index in [1.54, 1.807) is 23.2 Å². The Morgan fingerprint density at radius 2 is 2.04 bits per heavy atom. The minimum atomic E-state index is -0.262. The fraction of sp³-hybridized carbons (Fsp3) is 0.450. The third-order valence-electron chi connectivity index (χ3n) is 5.26. The quantitative estimate of drug-likeness (QED) is 0.825. The van der Waals surface area contributed by atoms with Crippen LogP contribution >= 0.6 is 0 Å². The second-order valence-corrected chi connectivity index (χ2v) is 7.34. The lowest BCUT2D eigenvalue weighted by Crippen LogP contribution is -2.45. The molecule has 0 bridgehead atoms. The number of hydrogen-bond acceptors (Lipinski definition) is 6. The predicted molar refractivity (Wildman–Crippen MR) is 105 cm³/mol. The van der Waals surface area contributed by atoms with E-state index < -0.39 is 0 Å². The van der Waals surface area contributed by atoms with Crippen molar-refractivity contribution in [1.82, 2.24) is 9.97 Å². The monoisotopic (exact) mass is 385 g/mol. The van der Waals surface area contributed by atoms with E-state index in [1.165, 1.54) is 12.1 Å². The Kier molecular flexibility index (Phi) is 5.02. The number of carbonyl (C=O) groups is 1. The van der Waals surface area contributed by atoms with E-state index >= 15 is 0 Å². The molecule has 28 heavy (non-hydrogen) atoms. The number of amides is 1. The summed E-state index contributed by atoms with van der Waals surface area (Å²) in [5, 5.41) is 3.37. The molecule has 1 N–H and O–H groups in total. The van der Waals surface area contributed by atoms with E-state index in [-0.39, 0.29) is 11.7 Å². The van der Waals surface area contributed by atoms with Gasteiger partial charge in [0.2, 0.25) is 11.9 Å². The number of benzene rings is 1. The van der Waals surface area contributed by atoms with Crippen LogP contribution in [0, 0.1) is 11.7 Å². The summed E-state index contributed by atoms with van der Waals surface area (Å²) >= 11 is 0. The highest BCUT2D eigenvalue weighted by molar-refractivity contribution is 6.02. The lowest BCUT2D eigenvalue weighted by atomic mass is 9.81. The van der Waals surface area contributed by atoms with Gasteiger partial charge in [0.1, 0.15) is 17.3 Å². The van der Waals surface area contributed by atoms with E-state index in [9.17, 15) is 9.18 Å². The molecule has 8 heteroatoms. The van der Waals surface area contributed by atoms with E-state index in [1.807, 2.05) is 18.9 Å². The Morgan fingerprint density at radius 3 is 2.75 bits per heavy atom. The zero-order chi connectivity index (χ0) is 19.7. The Hall–Kier alpha value is -2.90. The standard InChI is InChI=1S/C20H24FN5O2/c1-3-26-17-10-22-20(24-19(17)25(2)11-18(26)27)23-15-8-13(9-15)12-28-16-6-4-14(21)5-7-16/h4-7,10,13,15H,3,8-9,11-12H2,1-2H3,(H,22,23,24). The molecule has 2 heterocycles. The van der Waals surface area contributed by atoms with Crippen molar-refractivity contribution >= 4 is 23.4 Å². The van der Waals surface area contributed by atoms with Crippen molar-refractivity contribution in [2.75, 3.05) is 41.9 Å². The van der Waals surface area contributed by atoms with Crippen LogP contribution in [0.15, 0.2) is 30.5 Å². The second-order valence-electron chi connectivity index (χ2n) is 7.34. The topological polar surface area (TPSA) is 70.6 Å². The molecule has 1 fully saturated rings. The molecule has 0 spiro atoms. The van der Waals surface area contributed by atoms with E-state index in [4.69, 9.17) is 4.74 Å². The van der Waals surface area contributed by atoms with Crippen molar-refractivity contribution in [3.63, 3.8) is 0 Å². The van der Waals surface area contributed by atoms with Crippen LogP contribution in [0.3, 0.4) is 0 Å². The number of ether oxygens (including phenoxy) is 1. The van der Waals surface area contributed by atoms with Crippen LogP contribution in [0.4, 0.5) is 21.8 Å². The number of anilines is 3. The maximum Gasteiger partial charge on any atom is 0.246 e. The molecule has 0 radical (unpaired) electrons. The lowest BCUT2D eigenvalue weighted by Gasteiger charge is -2.36. The number of nitrogens with one attached hydrogen (secondary N) is 1. The van der Waals surface area contributed by atoms with Gasteiger partial charge in [-0.2, -0.15) is 4.98 Å². The molecule has 1 aromatic carbocycles. The Labute approximate surface area is 163 Å². The first-order chi connectivity index (χ1) is 13.5. The van der Waals surface area contributed by atoms with Crippen LogP contribution in [-0.2, 0) is 4.79 Å². The zero-order valence-electron chi connectivity index (χ0n) is 16.1. The van der Waals surface area contributed by atoms with Gasteiger partial charge < -0.3 is 19.9 Å². The first-order valence-electron chi connectivity index (χ1n) is 9.57. The third kappa shape index (κ3) is 3.72. The molecule has 0 unspecified atom stereocenters. The molecular formula is C20H24FN5O2. The highest BCUT2D eigenvalue weighted by Crippen LogP contribution is 2.33. The molecule has 2 aromatic rings. The average Bonchev–Trinajstić information content (AvgIpc) is 2.65. The summed E-state index contributed by atoms with van der Waals surface area (Å²) in [7, 11) is 1.87. The van der Waals surface area contributed by atoms with Crippen molar-refractivity contribution < 1.29 is 13.9 Å². The summed E-state index contributed by atoms with van der Waals surface area (Å²) in [6, 6.07) is 6.39. The van der Waals surface area contributed by atoms with Gasteiger partial charge in [0.05, 0.1) is 19.3 Å². The van der Waals surface area contributed by atoms with Crippen LogP contribution in [0.1, 0.15) is 19.8 Å². The third-order valence-corrected chi connectivity index (χ3v) is 5.26. The highest BCUT2D eigenvalue weighted by Gasteiger charge is 2.32. The Morgan fingerprint density at radius 1 is 1.29 bits per heavy atom. The maximum absolute atomic E-state index is 12.9. The van der Waals surface area contributed by atoms with Crippen molar-refractivity contribution in [2.45, 2.75) is 25.8 Å². The molecule has 0 saturated heterocycles. The SMILES string of the molecule is CCN1C(=O)CN(C)c2nc(NC3CC(COc4ccc(F)cc4)C3)ncc21. The maximum atomic E-state index is 12.9. The zero-order valence-corrected chi connectivity index (χ0v) is 16.1. The van der Waals surface area contributed by atoms with Gasteiger partial charge in [-0.3, -0.25) is 4.79 Å². The fourth-order valence-electron chi connectivity index (χ4n) is 3.67. The first kappa shape index (κ1) is 18.5. The van der Waals surface area contributed by atoms with Gasteiger partial charge in [0.15, 0.2) is 5.82 Å². The number of hydrogen-bond donors (Lipinski definition) is 1. The molecule has 1 aliphatic carbocycles. The first-order valence-corrected chi connectivity index (χ1v) is 9.57.